The van der Waals surface area contributed by atoms with Gasteiger partial charge in [0.2, 0.25) is 5.91 Å². The molecular weight excluding hydrogens is 498 g/mol. The lowest BCUT2D eigenvalue weighted by atomic mass is 9.87. The number of alkyl carbamates (subject to hydrolysis) is 1. The van der Waals surface area contributed by atoms with Crippen LogP contribution in [0.1, 0.15) is 71.9 Å². The quantitative estimate of drug-likeness (QED) is 0.372. The second-order valence-electron chi connectivity index (χ2n) is 11.3. The van der Waals surface area contributed by atoms with Crippen LogP contribution in [-0.2, 0) is 14.3 Å². The minimum Gasteiger partial charge on any atom is -0.508 e. The van der Waals surface area contributed by atoms with E-state index in [4.69, 9.17) is 9.47 Å². The van der Waals surface area contributed by atoms with Crippen LogP contribution in [-0.4, -0.2) is 52.7 Å². The highest BCUT2D eigenvalue weighted by Crippen LogP contribution is 2.37. The van der Waals surface area contributed by atoms with Crippen molar-refractivity contribution >= 4 is 23.6 Å². The lowest BCUT2D eigenvalue weighted by molar-refractivity contribution is -0.146. The maximum Gasteiger partial charge on any atom is 0.408 e. The first kappa shape index (κ1) is 29.8. The molecule has 2 aromatic carbocycles. The number of phenolic OH excluding ortho intramolecular Hbond substituents is 1. The molecule has 1 aliphatic rings. The fraction of sp³-hybridized carbons (Fsp3) is 0.500. The highest BCUT2D eigenvalue weighted by molar-refractivity contribution is 5.99. The Morgan fingerprint density at radius 1 is 1.05 bits per heavy atom. The Balaban J connectivity index is 2.01. The minimum atomic E-state index is -1.12. The molecule has 39 heavy (non-hydrogen) atoms. The van der Waals surface area contributed by atoms with E-state index in [0.717, 1.165) is 6.42 Å². The molecule has 1 aliphatic carbocycles. The van der Waals surface area contributed by atoms with Gasteiger partial charge in [-0.05, 0) is 82.7 Å². The van der Waals surface area contributed by atoms with Crippen LogP contribution in [0.5, 0.6) is 11.5 Å². The van der Waals surface area contributed by atoms with Crippen LogP contribution in [0.3, 0.4) is 0 Å². The molecule has 9 heteroatoms. The smallest absolute Gasteiger partial charge is 0.408 e. The van der Waals surface area contributed by atoms with Gasteiger partial charge in [-0.15, -0.1) is 0 Å². The summed E-state index contributed by atoms with van der Waals surface area (Å²) in [5.74, 6) is -0.236. The van der Waals surface area contributed by atoms with Crippen LogP contribution in [0, 0.1) is 5.92 Å². The molecule has 0 aromatic heterocycles. The third kappa shape index (κ3) is 8.12. The number of carbonyl (C=O) groups is 3. The van der Waals surface area contributed by atoms with Gasteiger partial charge < -0.3 is 30.1 Å². The molecular formula is C30H41N3O6. The first-order chi connectivity index (χ1) is 18.4. The summed E-state index contributed by atoms with van der Waals surface area (Å²) >= 11 is 0. The predicted molar refractivity (Wildman–Crippen MR) is 150 cm³/mol. The third-order valence-corrected chi connectivity index (χ3v) is 6.53. The van der Waals surface area contributed by atoms with Crippen molar-refractivity contribution in [3.63, 3.8) is 0 Å². The number of hydrogen-bond acceptors (Lipinski definition) is 6. The number of ether oxygens (including phenoxy) is 2. The summed E-state index contributed by atoms with van der Waals surface area (Å²) in [6, 6.07) is 11.1. The molecule has 212 valence electrons. The normalized spacial score (nSPS) is 15.1. The van der Waals surface area contributed by atoms with E-state index in [2.05, 4.69) is 10.6 Å². The van der Waals surface area contributed by atoms with Gasteiger partial charge in [0.1, 0.15) is 29.2 Å². The van der Waals surface area contributed by atoms with Gasteiger partial charge >= 0.3 is 6.09 Å². The molecule has 9 nitrogen and oxygen atoms in total. The van der Waals surface area contributed by atoms with Crippen molar-refractivity contribution < 1.29 is 29.0 Å². The van der Waals surface area contributed by atoms with Crippen LogP contribution < -0.4 is 15.4 Å². The summed E-state index contributed by atoms with van der Waals surface area (Å²) < 4.78 is 10.6. The maximum absolute atomic E-state index is 14.3. The van der Waals surface area contributed by atoms with Gasteiger partial charge in [-0.1, -0.05) is 32.0 Å². The lowest BCUT2D eigenvalue weighted by Crippen LogP contribution is -2.57. The monoisotopic (exact) mass is 539 g/mol. The van der Waals surface area contributed by atoms with Crippen molar-refractivity contribution in [1.82, 2.24) is 10.2 Å². The number of amides is 3. The van der Waals surface area contributed by atoms with Gasteiger partial charge in [-0.2, -0.15) is 0 Å². The average molecular weight is 540 g/mol. The molecule has 3 amide bonds. The number of rotatable bonds is 10. The number of aromatic hydroxyl groups is 1. The van der Waals surface area contributed by atoms with Gasteiger partial charge in [-0.25, -0.2) is 4.79 Å². The molecule has 2 aromatic rings. The Morgan fingerprint density at radius 3 is 2.21 bits per heavy atom. The number of carbonyl (C=O) groups excluding carboxylic acids is 3. The molecule has 0 spiro atoms. The van der Waals surface area contributed by atoms with Crippen molar-refractivity contribution in [2.75, 3.05) is 12.4 Å². The Hall–Kier alpha value is -3.75. The van der Waals surface area contributed by atoms with E-state index in [1.54, 1.807) is 75.2 Å². The van der Waals surface area contributed by atoms with E-state index in [-0.39, 0.29) is 17.7 Å². The zero-order valence-electron chi connectivity index (χ0n) is 23.7. The molecule has 2 unspecified atom stereocenters. The van der Waals surface area contributed by atoms with Crippen LogP contribution in [0.2, 0.25) is 0 Å². The van der Waals surface area contributed by atoms with Crippen molar-refractivity contribution in [1.29, 1.82) is 0 Å². The largest absolute Gasteiger partial charge is 0.508 e. The molecule has 1 fully saturated rings. The molecule has 2 atom stereocenters. The van der Waals surface area contributed by atoms with Crippen LogP contribution in [0.25, 0.3) is 0 Å². The SMILES string of the molecule is COc1ccc(NC(=O)C(c2ccccc2O)N(C(=O)C(CC(C)C)NC(=O)OC(C)(C)C)C2CCC2)cc1. The van der Waals surface area contributed by atoms with Gasteiger partial charge in [0.05, 0.1) is 7.11 Å². The van der Waals surface area contributed by atoms with Crippen molar-refractivity contribution in [3.8, 4) is 11.5 Å². The molecule has 0 aliphatic heterocycles. The fourth-order valence-corrected chi connectivity index (χ4v) is 4.53. The van der Waals surface area contributed by atoms with E-state index >= 15 is 0 Å². The van der Waals surface area contributed by atoms with Crippen molar-refractivity contribution in [2.45, 2.75) is 84.0 Å². The summed E-state index contributed by atoms with van der Waals surface area (Å²) in [5, 5.41) is 16.4. The Kier molecular flexibility index (Phi) is 9.83. The minimum absolute atomic E-state index is 0.0776. The van der Waals surface area contributed by atoms with E-state index < -0.39 is 35.6 Å². The van der Waals surface area contributed by atoms with Crippen LogP contribution >= 0.6 is 0 Å². The van der Waals surface area contributed by atoms with Crippen LogP contribution in [0.4, 0.5) is 10.5 Å². The standard InChI is InChI=1S/C30H41N3O6/c1-19(2)18-24(32-29(37)39-30(3,4)5)28(36)33(21-10-9-11-21)26(23-12-7-8-13-25(23)34)27(35)31-20-14-16-22(38-6)17-15-20/h7-8,12-17,19,21,24,26,34H,9-11,18H2,1-6H3,(H,31,35)(H,32,37). The molecule has 3 rings (SSSR count). The molecule has 0 radical (unpaired) electrons. The number of phenols is 1. The Labute approximate surface area is 230 Å². The molecule has 0 heterocycles. The topological polar surface area (TPSA) is 117 Å². The van der Waals surface area contributed by atoms with Crippen molar-refractivity contribution in [3.05, 3.63) is 54.1 Å². The average Bonchev–Trinajstić information content (AvgIpc) is 2.81. The second-order valence-corrected chi connectivity index (χ2v) is 11.3. The molecule has 1 saturated carbocycles. The van der Waals surface area contributed by atoms with E-state index in [1.165, 1.54) is 6.07 Å². The van der Waals surface area contributed by atoms with Crippen molar-refractivity contribution in [2.24, 2.45) is 5.92 Å². The summed E-state index contributed by atoms with van der Waals surface area (Å²) in [7, 11) is 1.56. The van der Waals surface area contributed by atoms with Gasteiger partial charge in [0, 0.05) is 17.3 Å². The summed E-state index contributed by atoms with van der Waals surface area (Å²) in [4.78, 5) is 42.4. The van der Waals surface area contributed by atoms with Crippen LogP contribution in [0.15, 0.2) is 48.5 Å². The van der Waals surface area contributed by atoms with E-state index in [9.17, 15) is 19.5 Å². The summed E-state index contributed by atoms with van der Waals surface area (Å²) in [6.45, 7) is 9.18. The zero-order chi connectivity index (χ0) is 28.7. The summed E-state index contributed by atoms with van der Waals surface area (Å²) in [5.41, 5.74) is 0.0944. The Morgan fingerprint density at radius 2 is 1.69 bits per heavy atom. The number of nitrogens with one attached hydrogen (secondary N) is 2. The first-order valence-electron chi connectivity index (χ1n) is 13.4. The zero-order valence-corrected chi connectivity index (χ0v) is 23.7. The predicted octanol–water partition coefficient (Wildman–Crippen LogP) is 5.40. The number of nitrogens with zero attached hydrogens (tertiary/aromatic N) is 1. The first-order valence-corrected chi connectivity index (χ1v) is 13.4. The lowest BCUT2D eigenvalue weighted by Gasteiger charge is -2.43. The number of methoxy groups -OCH3 is 1. The second kappa shape index (κ2) is 12.9. The van der Waals surface area contributed by atoms with Gasteiger partial charge in [0.25, 0.3) is 5.91 Å². The number of hydrogen-bond donors (Lipinski definition) is 3. The Bertz CT molecular complexity index is 1140. The third-order valence-electron chi connectivity index (χ3n) is 6.53. The number of para-hydroxylation sites is 1. The maximum atomic E-state index is 14.3. The number of anilines is 1. The highest BCUT2D eigenvalue weighted by atomic mass is 16.6. The van der Waals surface area contributed by atoms with E-state index in [1.807, 2.05) is 13.8 Å². The highest BCUT2D eigenvalue weighted by Gasteiger charge is 2.43. The summed E-state index contributed by atoms with van der Waals surface area (Å²) in [6.07, 6.45) is 2.00. The van der Waals surface area contributed by atoms with Gasteiger partial charge in [-0.3, -0.25) is 9.59 Å². The van der Waals surface area contributed by atoms with Gasteiger partial charge in [0.15, 0.2) is 0 Å². The molecule has 0 bridgehead atoms. The fourth-order valence-electron chi connectivity index (χ4n) is 4.53. The van der Waals surface area contributed by atoms with E-state index in [0.29, 0.717) is 36.3 Å². The molecule has 3 N–H and O–H groups in total. The molecule has 0 saturated heterocycles. The number of benzene rings is 2.